The van der Waals surface area contributed by atoms with Crippen LogP contribution in [0.4, 0.5) is 0 Å². The fraction of sp³-hybridized carbons (Fsp3) is 0. The maximum absolute atomic E-state index is 6.30. The van der Waals surface area contributed by atoms with Crippen LogP contribution in [0.5, 0.6) is 11.5 Å². The molecule has 0 saturated carbocycles. The topological polar surface area (TPSA) is 19.1 Å². The number of ether oxygens (including phenoxy) is 1. The summed E-state index contributed by atoms with van der Waals surface area (Å²) in [6.45, 7) is 0. The van der Waals surface area contributed by atoms with Crippen LogP contribution in [0.15, 0.2) is 146 Å². The van der Waals surface area contributed by atoms with Gasteiger partial charge < -0.3 is 13.9 Å². The Bertz CT molecular complexity index is 2580. The Morgan fingerprint density at radius 2 is 1.07 bits per heavy atom. The van der Waals surface area contributed by atoms with Crippen molar-refractivity contribution in [2.45, 2.75) is 0 Å². The molecule has 3 heterocycles. The summed E-state index contributed by atoms with van der Waals surface area (Å²) in [5.74, 6) is 1.79. The van der Waals surface area contributed by atoms with Crippen LogP contribution in [0.25, 0.3) is 76.9 Å². The Kier molecular flexibility index (Phi) is 4.45. The lowest BCUT2D eigenvalue weighted by atomic mass is 10.0. The molecule has 0 bridgehead atoms. The summed E-state index contributed by atoms with van der Waals surface area (Å²) in [5.41, 5.74) is 9.40. The number of hydrogen-bond donors (Lipinski definition) is 0. The van der Waals surface area contributed by atoms with Gasteiger partial charge in [0.2, 0.25) is 0 Å². The highest BCUT2D eigenvalue weighted by molar-refractivity contribution is 6.14. The van der Waals surface area contributed by atoms with Gasteiger partial charge in [0, 0.05) is 27.2 Å². The summed E-state index contributed by atoms with van der Waals surface area (Å²) in [7, 11) is 0. The lowest BCUT2D eigenvalue weighted by molar-refractivity contribution is 0.476. The van der Waals surface area contributed by atoms with E-state index in [2.05, 4.69) is 143 Å². The second kappa shape index (κ2) is 8.37. The Balaban J connectivity index is 1.14. The summed E-state index contributed by atoms with van der Waals surface area (Å²) in [6.07, 6.45) is 0. The van der Waals surface area contributed by atoms with E-state index in [-0.39, 0.29) is 0 Å². The molecular weight excluding hydrogens is 524 g/mol. The van der Waals surface area contributed by atoms with E-state index < -0.39 is 0 Å². The summed E-state index contributed by atoms with van der Waals surface area (Å²) < 4.78 is 11.0. The van der Waals surface area contributed by atoms with E-state index in [4.69, 9.17) is 4.74 Å². The van der Waals surface area contributed by atoms with Crippen molar-refractivity contribution in [3.05, 3.63) is 146 Å². The van der Waals surface area contributed by atoms with Gasteiger partial charge in [-0.2, -0.15) is 0 Å². The van der Waals surface area contributed by atoms with Crippen LogP contribution >= 0.6 is 0 Å². The van der Waals surface area contributed by atoms with Gasteiger partial charge >= 0.3 is 0 Å². The smallest absolute Gasteiger partial charge is 0.152 e. The molecular formula is C40H24N2O. The van der Waals surface area contributed by atoms with Crippen molar-refractivity contribution in [3.8, 4) is 34.0 Å². The molecule has 0 saturated heterocycles. The maximum Gasteiger partial charge on any atom is 0.152 e. The van der Waals surface area contributed by atoms with Crippen molar-refractivity contribution < 1.29 is 4.74 Å². The first-order valence-electron chi connectivity index (χ1n) is 14.7. The fourth-order valence-corrected chi connectivity index (χ4v) is 7.13. The van der Waals surface area contributed by atoms with Crippen LogP contribution in [0.1, 0.15) is 0 Å². The van der Waals surface area contributed by atoms with Crippen LogP contribution in [0.2, 0.25) is 0 Å². The normalized spacial score (nSPS) is 12.4. The number of rotatable bonds is 2. The molecule has 0 aliphatic carbocycles. The number of benzene rings is 7. The van der Waals surface area contributed by atoms with Crippen LogP contribution in [-0.4, -0.2) is 9.13 Å². The minimum absolute atomic E-state index is 0.887. The standard InChI is InChI=1S/C40H24N2O/c1-2-9-27-24-37-32(22-26(27)8-1)30-10-3-4-12-34(30)41(37)29-19-16-25(17-20-29)28-18-21-35-33(23-28)31-11-7-15-39-40(31)42(35)36-13-5-6-14-38(36)43-39/h1-24H. The van der Waals surface area contributed by atoms with Gasteiger partial charge in [-0.25, -0.2) is 0 Å². The average molecular weight is 549 g/mol. The number of para-hydroxylation sites is 4. The second-order valence-electron chi connectivity index (χ2n) is 11.4. The van der Waals surface area contributed by atoms with Crippen LogP contribution in [0, 0.1) is 0 Å². The summed E-state index contributed by atoms with van der Waals surface area (Å²) >= 11 is 0. The molecule has 1 aliphatic rings. The van der Waals surface area contributed by atoms with E-state index in [1.807, 2.05) is 12.1 Å². The lowest BCUT2D eigenvalue weighted by Gasteiger charge is -2.20. The molecule has 0 spiro atoms. The highest BCUT2D eigenvalue weighted by atomic mass is 16.5. The zero-order valence-electron chi connectivity index (χ0n) is 23.2. The molecule has 200 valence electrons. The number of aromatic nitrogens is 2. The first-order chi connectivity index (χ1) is 21.3. The highest BCUT2D eigenvalue weighted by Crippen LogP contribution is 2.46. The lowest BCUT2D eigenvalue weighted by Crippen LogP contribution is -2.03. The monoisotopic (exact) mass is 548 g/mol. The molecule has 3 nitrogen and oxygen atoms in total. The zero-order chi connectivity index (χ0) is 28.1. The molecule has 43 heavy (non-hydrogen) atoms. The van der Waals surface area contributed by atoms with E-state index in [9.17, 15) is 0 Å². The van der Waals surface area contributed by atoms with Crippen molar-refractivity contribution >= 4 is 54.4 Å². The van der Waals surface area contributed by atoms with Crippen molar-refractivity contribution in [3.63, 3.8) is 0 Å². The fourth-order valence-electron chi connectivity index (χ4n) is 7.13. The number of fused-ring (bicyclic) bond motifs is 9. The minimum atomic E-state index is 0.887. The van der Waals surface area contributed by atoms with Crippen LogP contribution < -0.4 is 4.74 Å². The molecule has 1 aliphatic heterocycles. The Morgan fingerprint density at radius 3 is 1.98 bits per heavy atom. The molecule has 10 rings (SSSR count). The molecule has 0 radical (unpaired) electrons. The van der Waals surface area contributed by atoms with Crippen molar-refractivity contribution in [1.29, 1.82) is 0 Å². The van der Waals surface area contributed by atoms with Crippen LogP contribution in [0.3, 0.4) is 0 Å². The summed E-state index contributed by atoms with van der Waals surface area (Å²) in [5, 5.41) is 7.51. The van der Waals surface area contributed by atoms with Crippen molar-refractivity contribution in [1.82, 2.24) is 9.13 Å². The highest BCUT2D eigenvalue weighted by Gasteiger charge is 2.23. The summed E-state index contributed by atoms with van der Waals surface area (Å²) in [4.78, 5) is 0. The number of nitrogens with zero attached hydrogens (tertiary/aromatic N) is 2. The van der Waals surface area contributed by atoms with E-state index in [1.54, 1.807) is 0 Å². The van der Waals surface area contributed by atoms with Crippen LogP contribution in [-0.2, 0) is 0 Å². The van der Waals surface area contributed by atoms with Gasteiger partial charge in [0.15, 0.2) is 11.5 Å². The molecule has 0 N–H and O–H groups in total. The van der Waals surface area contributed by atoms with Gasteiger partial charge in [-0.3, -0.25) is 0 Å². The molecule has 0 atom stereocenters. The average Bonchev–Trinajstić information content (AvgIpc) is 3.57. The van der Waals surface area contributed by atoms with E-state index in [0.29, 0.717) is 0 Å². The quantitative estimate of drug-likeness (QED) is 0.210. The van der Waals surface area contributed by atoms with E-state index in [1.165, 1.54) is 60.0 Å². The Labute approximate surface area is 247 Å². The maximum atomic E-state index is 6.30. The molecule has 7 aromatic carbocycles. The third-order valence-electron chi connectivity index (χ3n) is 9.08. The minimum Gasteiger partial charge on any atom is -0.453 e. The van der Waals surface area contributed by atoms with Crippen molar-refractivity contribution in [2.24, 2.45) is 0 Å². The molecule has 0 amide bonds. The first-order valence-corrected chi connectivity index (χ1v) is 14.7. The Hall–Kier alpha value is -5.80. The van der Waals surface area contributed by atoms with Gasteiger partial charge in [0.05, 0.1) is 27.8 Å². The second-order valence-corrected chi connectivity index (χ2v) is 11.4. The first kappa shape index (κ1) is 22.8. The third kappa shape index (κ3) is 3.14. The molecule has 0 unspecified atom stereocenters. The number of hydrogen-bond acceptors (Lipinski definition) is 1. The van der Waals surface area contributed by atoms with E-state index >= 15 is 0 Å². The van der Waals surface area contributed by atoms with Crippen molar-refractivity contribution in [2.75, 3.05) is 0 Å². The van der Waals surface area contributed by atoms with E-state index in [0.717, 1.165) is 28.4 Å². The van der Waals surface area contributed by atoms with Gasteiger partial charge in [-0.1, -0.05) is 84.9 Å². The third-order valence-corrected chi connectivity index (χ3v) is 9.08. The van der Waals surface area contributed by atoms with Gasteiger partial charge in [-0.05, 0) is 82.6 Å². The predicted octanol–water partition coefficient (Wildman–Crippen LogP) is 10.8. The molecule has 0 fully saturated rings. The molecule has 2 aromatic heterocycles. The van der Waals surface area contributed by atoms with Gasteiger partial charge in [0.1, 0.15) is 0 Å². The predicted molar refractivity (Wildman–Crippen MR) is 178 cm³/mol. The molecule has 9 aromatic rings. The largest absolute Gasteiger partial charge is 0.453 e. The van der Waals surface area contributed by atoms with Gasteiger partial charge in [0.25, 0.3) is 0 Å². The Morgan fingerprint density at radius 1 is 0.395 bits per heavy atom. The zero-order valence-corrected chi connectivity index (χ0v) is 23.2. The van der Waals surface area contributed by atoms with Gasteiger partial charge in [-0.15, -0.1) is 0 Å². The molecule has 3 heteroatoms. The SMILES string of the molecule is c1ccc2c(c1)Oc1cccc3c4cc(-c5ccc(-n6c7ccccc7c7cc8ccccc8cc76)cc5)ccc4n-2c13. The summed E-state index contributed by atoms with van der Waals surface area (Å²) in [6, 6.07) is 52.4.